The smallest absolute Gasteiger partial charge is 0.319 e. The maximum atomic E-state index is 12.1. The first kappa shape index (κ1) is 15.3. The van der Waals surface area contributed by atoms with Crippen molar-refractivity contribution in [1.29, 1.82) is 0 Å². The molecule has 2 N–H and O–H groups in total. The lowest BCUT2D eigenvalue weighted by Crippen LogP contribution is -2.33. The molecule has 0 saturated heterocycles. The predicted octanol–water partition coefficient (Wildman–Crippen LogP) is 3.05. The van der Waals surface area contributed by atoms with E-state index in [1.165, 1.54) is 0 Å². The largest absolute Gasteiger partial charge is 0.330 e. The number of halogens is 1. The Morgan fingerprint density at radius 2 is 2.19 bits per heavy atom. The van der Waals surface area contributed by atoms with Crippen molar-refractivity contribution in [2.24, 2.45) is 7.05 Å². The molecule has 0 saturated carbocycles. The lowest BCUT2D eigenvalue weighted by molar-refractivity contribution is 0.247. The average Bonchev–Trinajstić information content (AvgIpc) is 2.85. The zero-order valence-corrected chi connectivity index (χ0v) is 13.0. The van der Waals surface area contributed by atoms with Gasteiger partial charge >= 0.3 is 6.03 Å². The second kappa shape index (κ2) is 6.58. The van der Waals surface area contributed by atoms with Gasteiger partial charge in [0.25, 0.3) is 0 Å². The summed E-state index contributed by atoms with van der Waals surface area (Å²) in [4.78, 5) is 16.2. The molecule has 7 heteroatoms. The van der Waals surface area contributed by atoms with Crippen molar-refractivity contribution in [3.63, 3.8) is 0 Å². The van der Waals surface area contributed by atoms with Gasteiger partial charge in [-0.25, -0.2) is 9.78 Å². The van der Waals surface area contributed by atoms with Crippen molar-refractivity contribution >= 4 is 23.3 Å². The maximum absolute atomic E-state index is 12.1. The van der Waals surface area contributed by atoms with E-state index in [-0.39, 0.29) is 12.1 Å². The highest BCUT2D eigenvalue weighted by Crippen LogP contribution is 2.18. The van der Waals surface area contributed by atoms with Gasteiger partial charge in [0.05, 0.1) is 23.1 Å². The number of carbonyl (C=O) groups is 1. The zero-order valence-electron chi connectivity index (χ0n) is 12.2. The summed E-state index contributed by atoms with van der Waals surface area (Å²) in [5.74, 6) is 0. The van der Waals surface area contributed by atoms with E-state index in [9.17, 15) is 4.79 Å². The minimum absolute atomic E-state index is 0.0990. The van der Waals surface area contributed by atoms with Gasteiger partial charge in [-0.15, -0.1) is 0 Å². The van der Waals surface area contributed by atoms with Crippen LogP contribution in [0.25, 0.3) is 0 Å². The lowest BCUT2D eigenvalue weighted by Gasteiger charge is -2.18. The van der Waals surface area contributed by atoms with Gasteiger partial charge in [0.2, 0.25) is 0 Å². The van der Waals surface area contributed by atoms with Gasteiger partial charge in [-0.05, 0) is 31.5 Å². The number of nitrogens with one attached hydrogen (secondary N) is 2. The van der Waals surface area contributed by atoms with E-state index in [1.807, 2.05) is 20.0 Å². The number of rotatable bonds is 4. The standard InChI is InChI=1S/C14H18ClN5O/c1-4-10(12-7-8-16-20(12)3)18-14(21)19-11-5-6-13(15)17-9(11)2/h5-8,10H,4H2,1-3H3,(H2,18,19,21)/t10-/m1/s1. The Kier molecular flexibility index (Phi) is 4.80. The van der Waals surface area contributed by atoms with Crippen LogP contribution in [0.3, 0.4) is 0 Å². The van der Waals surface area contributed by atoms with E-state index in [4.69, 9.17) is 11.6 Å². The van der Waals surface area contributed by atoms with Gasteiger partial charge < -0.3 is 10.6 Å². The molecule has 2 amide bonds. The number of pyridine rings is 1. The van der Waals surface area contributed by atoms with E-state index >= 15 is 0 Å². The summed E-state index contributed by atoms with van der Waals surface area (Å²) >= 11 is 5.80. The molecule has 2 aromatic heterocycles. The van der Waals surface area contributed by atoms with Crippen molar-refractivity contribution in [3.8, 4) is 0 Å². The van der Waals surface area contributed by atoms with Gasteiger partial charge in [0.15, 0.2) is 0 Å². The molecule has 6 nitrogen and oxygen atoms in total. The van der Waals surface area contributed by atoms with Gasteiger partial charge in [0, 0.05) is 13.2 Å². The molecule has 0 aliphatic rings. The Labute approximate surface area is 128 Å². The lowest BCUT2D eigenvalue weighted by atomic mass is 10.1. The molecule has 2 aromatic rings. The van der Waals surface area contributed by atoms with Crippen LogP contribution >= 0.6 is 11.6 Å². The number of aromatic nitrogens is 3. The SMILES string of the molecule is CC[C@@H](NC(=O)Nc1ccc(Cl)nc1C)c1ccnn1C. The third-order valence-electron chi connectivity index (χ3n) is 3.23. The molecule has 0 radical (unpaired) electrons. The summed E-state index contributed by atoms with van der Waals surface area (Å²) in [6.45, 7) is 3.80. The number of carbonyl (C=O) groups excluding carboxylic acids is 1. The summed E-state index contributed by atoms with van der Waals surface area (Å²) in [5, 5.41) is 10.2. The van der Waals surface area contributed by atoms with Crippen molar-refractivity contribution in [3.05, 3.63) is 40.9 Å². The second-order valence-electron chi connectivity index (χ2n) is 4.71. The van der Waals surface area contributed by atoms with Crippen LogP contribution in [0.4, 0.5) is 10.5 Å². The zero-order chi connectivity index (χ0) is 15.4. The van der Waals surface area contributed by atoms with Gasteiger partial charge in [0.1, 0.15) is 5.15 Å². The summed E-state index contributed by atoms with van der Waals surface area (Å²) in [5.41, 5.74) is 2.27. The molecular weight excluding hydrogens is 290 g/mol. The number of hydrogen-bond donors (Lipinski definition) is 2. The van der Waals surface area contributed by atoms with E-state index in [0.29, 0.717) is 16.5 Å². The van der Waals surface area contributed by atoms with Crippen LogP contribution in [0, 0.1) is 6.92 Å². The number of aryl methyl sites for hydroxylation is 2. The van der Waals surface area contributed by atoms with E-state index in [2.05, 4.69) is 20.7 Å². The summed E-state index contributed by atoms with van der Waals surface area (Å²) in [6.07, 6.45) is 2.48. The normalized spacial score (nSPS) is 12.0. The minimum atomic E-state index is -0.282. The molecule has 21 heavy (non-hydrogen) atoms. The van der Waals surface area contributed by atoms with Crippen molar-refractivity contribution in [2.75, 3.05) is 5.32 Å². The molecule has 0 aliphatic heterocycles. The van der Waals surface area contributed by atoms with Crippen LogP contribution in [-0.4, -0.2) is 20.8 Å². The third kappa shape index (κ3) is 3.72. The molecule has 112 valence electrons. The minimum Gasteiger partial charge on any atom is -0.330 e. The van der Waals surface area contributed by atoms with Crippen molar-refractivity contribution in [2.45, 2.75) is 26.3 Å². The van der Waals surface area contributed by atoms with Crippen molar-refractivity contribution in [1.82, 2.24) is 20.1 Å². The third-order valence-corrected chi connectivity index (χ3v) is 3.44. The highest BCUT2D eigenvalue weighted by Gasteiger charge is 2.16. The Morgan fingerprint density at radius 3 is 2.76 bits per heavy atom. The molecule has 0 unspecified atom stereocenters. The number of hydrogen-bond acceptors (Lipinski definition) is 3. The van der Waals surface area contributed by atoms with Crippen LogP contribution in [0.2, 0.25) is 5.15 Å². The fourth-order valence-electron chi connectivity index (χ4n) is 2.09. The monoisotopic (exact) mass is 307 g/mol. The molecule has 0 aliphatic carbocycles. The Morgan fingerprint density at radius 1 is 1.43 bits per heavy atom. The molecule has 0 spiro atoms. The molecular formula is C14H18ClN5O. The van der Waals surface area contributed by atoms with Gasteiger partial charge in [-0.3, -0.25) is 4.68 Å². The number of anilines is 1. The highest BCUT2D eigenvalue weighted by atomic mass is 35.5. The Hall–Kier alpha value is -2.08. The number of urea groups is 1. The van der Waals surface area contributed by atoms with Crippen LogP contribution < -0.4 is 10.6 Å². The molecule has 0 aromatic carbocycles. The summed E-state index contributed by atoms with van der Waals surface area (Å²) < 4.78 is 1.75. The summed E-state index contributed by atoms with van der Waals surface area (Å²) in [7, 11) is 1.85. The maximum Gasteiger partial charge on any atom is 0.319 e. The number of nitrogens with zero attached hydrogens (tertiary/aromatic N) is 3. The quantitative estimate of drug-likeness (QED) is 0.853. The number of amides is 2. The van der Waals surface area contributed by atoms with Crippen LogP contribution in [0.1, 0.15) is 30.8 Å². The molecule has 0 bridgehead atoms. The average molecular weight is 308 g/mol. The van der Waals surface area contributed by atoms with Gasteiger partial charge in [-0.1, -0.05) is 18.5 Å². The molecule has 2 rings (SSSR count). The van der Waals surface area contributed by atoms with Crippen molar-refractivity contribution < 1.29 is 4.79 Å². The predicted molar refractivity (Wildman–Crippen MR) is 82.4 cm³/mol. The summed E-state index contributed by atoms with van der Waals surface area (Å²) in [6, 6.07) is 4.88. The first-order valence-electron chi connectivity index (χ1n) is 6.69. The van der Waals surface area contributed by atoms with Gasteiger partial charge in [-0.2, -0.15) is 5.10 Å². The van der Waals surface area contributed by atoms with Crippen LogP contribution in [0.5, 0.6) is 0 Å². The second-order valence-corrected chi connectivity index (χ2v) is 5.09. The van der Waals surface area contributed by atoms with E-state index in [1.54, 1.807) is 29.9 Å². The molecule has 2 heterocycles. The Balaban J connectivity index is 2.05. The fourth-order valence-corrected chi connectivity index (χ4v) is 2.28. The topological polar surface area (TPSA) is 71.8 Å². The molecule has 1 atom stereocenters. The highest BCUT2D eigenvalue weighted by molar-refractivity contribution is 6.29. The Bertz CT molecular complexity index is 640. The van der Waals surface area contributed by atoms with Crippen LogP contribution in [-0.2, 0) is 7.05 Å². The van der Waals surface area contributed by atoms with Crippen LogP contribution in [0.15, 0.2) is 24.4 Å². The van der Waals surface area contributed by atoms with E-state index in [0.717, 1.165) is 12.1 Å². The first-order valence-corrected chi connectivity index (χ1v) is 7.07. The first-order chi connectivity index (χ1) is 10.0. The van der Waals surface area contributed by atoms with E-state index < -0.39 is 0 Å². The molecule has 0 fully saturated rings. The fraction of sp³-hybridized carbons (Fsp3) is 0.357.